The Balaban J connectivity index is 3.28. The van der Waals surface area contributed by atoms with Crippen molar-refractivity contribution in [1.82, 2.24) is 4.72 Å². The molecule has 0 saturated heterocycles. The molecule has 0 amide bonds. The van der Waals surface area contributed by atoms with E-state index in [-0.39, 0.29) is 11.5 Å². The second-order valence-electron chi connectivity index (χ2n) is 4.25. The number of hydrogen-bond donors (Lipinski definition) is 2. The maximum Gasteiger partial charge on any atom is 0.273 e. The Morgan fingerprint density at radius 1 is 1.14 bits per heavy atom. The summed E-state index contributed by atoms with van der Waals surface area (Å²) >= 11 is 0. The standard InChI is InChI=1S/C12H18F2N2O5S/c1-19-8-4-9(20-2)11(10(5-8)21-3)22(17,18)16-7-12(13,14)6-15/h4-5,16H,6-7,15H2,1-3H3. The van der Waals surface area contributed by atoms with Crippen molar-refractivity contribution in [3.05, 3.63) is 12.1 Å². The quantitative estimate of drug-likeness (QED) is 0.718. The number of nitrogens with one attached hydrogen (secondary N) is 1. The first-order valence-corrected chi connectivity index (χ1v) is 7.56. The van der Waals surface area contributed by atoms with Crippen LogP contribution in [0.3, 0.4) is 0 Å². The van der Waals surface area contributed by atoms with E-state index in [9.17, 15) is 17.2 Å². The van der Waals surface area contributed by atoms with Crippen molar-refractivity contribution < 1.29 is 31.4 Å². The summed E-state index contributed by atoms with van der Waals surface area (Å²) in [5.74, 6) is -3.26. The summed E-state index contributed by atoms with van der Waals surface area (Å²) in [4.78, 5) is -0.397. The molecular weight excluding hydrogens is 322 g/mol. The van der Waals surface area contributed by atoms with Gasteiger partial charge in [0.25, 0.3) is 5.92 Å². The molecule has 126 valence electrons. The van der Waals surface area contributed by atoms with E-state index < -0.39 is 33.9 Å². The van der Waals surface area contributed by atoms with Crippen LogP contribution in [0, 0.1) is 0 Å². The van der Waals surface area contributed by atoms with Crippen LogP contribution in [-0.4, -0.2) is 48.8 Å². The molecular formula is C12H18F2N2O5S. The number of nitrogens with two attached hydrogens (primary N) is 1. The van der Waals surface area contributed by atoms with Gasteiger partial charge in [-0.15, -0.1) is 0 Å². The van der Waals surface area contributed by atoms with Crippen LogP contribution in [0.4, 0.5) is 8.78 Å². The van der Waals surface area contributed by atoms with Gasteiger partial charge in [-0.3, -0.25) is 0 Å². The zero-order valence-corrected chi connectivity index (χ0v) is 13.2. The maximum absolute atomic E-state index is 13.1. The largest absolute Gasteiger partial charge is 0.496 e. The molecule has 7 nitrogen and oxygen atoms in total. The minimum Gasteiger partial charge on any atom is -0.496 e. The highest BCUT2D eigenvalue weighted by molar-refractivity contribution is 7.89. The van der Waals surface area contributed by atoms with Crippen molar-refractivity contribution in [3.63, 3.8) is 0 Å². The Labute approximate surface area is 127 Å². The van der Waals surface area contributed by atoms with Crippen LogP contribution >= 0.6 is 0 Å². The van der Waals surface area contributed by atoms with Crippen molar-refractivity contribution in [2.24, 2.45) is 5.73 Å². The number of methoxy groups -OCH3 is 3. The second-order valence-corrected chi connectivity index (χ2v) is 5.95. The van der Waals surface area contributed by atoms with Crippen LogP contribution in [0.1, 0.15) is 0 Å². The number of benzene rings is 1. The Hall–Kier alpha value is -1.65. The van der Waals surface area contributed by atoms with Gasteiger partial charge in [0.15, 0.2) is 4.90 Å². The fourth-order valence-corrected chi connectivity index (χ4v) is 2.94. The third-order valence-corrected chi connectivity index (χ3v) is 4.22. The van der Waals surface area contributed by atoms with Crippen molar-refractivity contribution in [1.29, 1.82) is 0 Å². The first-order valence-electron chi connectivity index (χ1n) is 6.08. The van der Waals surface area contributed by atoms with Gasteiger partial charge in [0.1, 0.15) is 17.2 Å². The lowest BCUT2D eigenvalue weighted by molar-refractivity contribution is 0.0170. The SMILES string of the molecule is COc1cc(OC)c(S(=O)(=O)NCC(F)(F)CN)c(OC)c1. The number of ether oxygens (including phenoxy) is 3. The highest BCUT2D eigenvalue weighted by Gasteiger charge is 2.32. The molecule has 0 aromatic heterocycles. The molecule has 0 atom stereocenters. The topological polar surface area (TPSA) is 99.9 Å². The van der Waals surface area contributed by atoms with Gasteiger partial charge in [0.2, 0.25) is 10.0 Å². The highest BCUT2D eigenvalue weighted by Crippen LogP contribution is 2.37. The lowest BCUT2D eigenvalue weighted by Gasteiger charge is -2.18. The van der Waals surface area contributed by atoms with Gasteiger partial charge in [0, 0.05) is 12.1 Å². The van der Waals surface area contributed by atoms with Gasteiger partial charge < -0.3 is 19.9 Å². The summed E-state index contributed by atoms with van der Waals surface area (Å²) in [6.45, 7) is -2.11. The molecule has 10 heteroatoms. The Morgan fingerprint density at radius 3 is 2.00 bits per heavy atom. The number of hydrogen-bond acceptors (Lipinski definition) is 6. The van der Waals surface area contributed by atoms with E-state index in [2.05, 4.69) is 0 Å². The minimum absolute atomic E-state index is 0.0974. The molecule has 0 saturated carbocycles. The Bertz CT molecular complexity index is 597. The van der Waals surface area contributed by atoms with Gasteiger partial charge in [-0.1, -0.05) is 0 Å². The predicted octanol–water partition coefficient (Wildman–Crippen LogP) is 0.585. The summed E-state index contributed by atoms with van der Waals surface area (Å²) in [6, 6.07) is 2.61. The highest BCUT2D eigenvalue weighted by atomic mass is 32.2. The molecule has 0 radical (unpaired) electrons. The monoisotopic (exact) mass is 340 g/mol. The molecule has 0 aliphatic heterocycles. The lowest BCUT2D eigenvalue weighted by atomic mass is 10.3. The maximum atomic E-state index is 13.1. The second kappa shape index (κ2) is 7.07. The van der Waals surface area contributed by atoms with Crippen LogP contribution in [0.15, 0.2) is 17.0 Å². The summed E-state index contributed by atoms with van der Waals surface area (Å²) in [5.41, 5.74) is 4.87. The molecule has 1 aromatic carbocycles. The van der Waals surface area contributed by atoms with Gasteiger partial charge in [-0.2, -0.15) is 0 Å². The third kappa shape index (κ3) is 4.18. The van der Waals surface area contributed by atoms with E-state index in [4.69, 9.17) is 19.9 Å². The average molecular weight is 340 g/mol. The van der Waals surface area contributed by atoms with Gasteiger partial charge >= 0.3 is 0 Å². The molecule has 1 aromatic rings. The third-order valence-electron chi connectivity index (χ3n) is 2.76. The first-order chi connectivity index (χ1) is 10.2. The van der Waals surface area contributed by atoms with Crippen LogP contribution in [-0.2, 0) is 10.0 Å². The normalized spacial score (nSPS) is 12.1. The molecule has 0 bridgehead atoms. The number of alkyl halides is 2. The Morgan fingerprint density at radius 2 is 1.64 bits per heavy atom. The molecule has 0 spiro atoms. The van der Waals surface area contributed by atoms with E-state index in [1.165, 1.54) is 33.5 Å². The van der Waals surface area contributed by atoms with Crippen molar-refractivity contribution in [2.45, 2.75) is 10.8 Å². The summed E-state index contributed by atoms with van der Waals surface area (Å²) in [6.07, 6.45) is 0. The molecule has 22 heavy (non-hydrogen) atoms. The lowest BCUT2D eigenvalue weighted by Crippen LogP contribution is -2.41. The molecule has 3 N–H and O–H groups in total. The smallest absolute Gasteiger partial charge is 0.273 e. The van der Waals surface area contributed by atoms with Gasteiger partial charge in [0.05, 0.1) is 34.4 Å². The molecule has 0 aliphatic rings. The van der Waals surface area contributed by atoms with Crippen molar-refractivity contribution in [2.75, 3.05) is 34.4 Å². The summed E-state index contributed by atoms with van der Waals surface area (Å²) in [7, 11) is -0.452. The van der Waals surface area contributed by atoms with E-state index in [1.54, 1.807) is 4.72 Å². The zero-order chi connectivity index (χ0) is 17.0. The predicted molar refractivity (Wildman–Crippen MR) is 75.3 cm³/mol. The summed E-state index contributed by atoms with van der Waals surface area (Å²) in [5, 5.41) is 0. The van der Waals surface area contributed by atoms with Crippen LogP contribution in [0.2, 0.25) is 0 Å². The van der Waals surface area contributed by atoms with Gasteiger partial charge in [-0.05, 0) is 0 Å². The van der Waals surface area contributed by atoms with Crippen molar-refractivity contribution in [3.8, 4) is 17.2 Å². The van der Waals surface area contributed by atoms with E-state index in [0.29, 0.717) is 5.75 Å². The van der Waals surface area contributed by atoms with E-state index in [1.807, 2.05) is 0 Å². The fraction of sp³-hybridized carbons (Fsp3) is 0.500. The first kappa shape index (κ1) is 18.4. The van der Waals surface area contributed by atoms with Crippen molar-refractivity contribution >= 4 is 10.0 Å². The van der Waals surface area contributed by atoms with Crippen LogP contribution in [0.5, 0.6) is 17.2 Å². The molecule has 0 fully saturated rings. The Kier molecular flexibility index (Phi) is 5.92. The summed E-state index contributed by atoms with van der Waals surface area (Å²) < 4.78 is 67.6. The van der Waals surface area contributed by atoms with Crippen LogP contribution < -0.4 is 24.7 Å². The number of sulfonamides is 1. The molecule has 1 rings (SSSR count). The van der Waals surface area contributed by atoms with E-state index >= 15 is 0 Å². The average Bonchev–Trinajstić information content (AvgIpc) is 2.51. The van der Waals surface area contributed by atoms with Crippen LogP contribution in [0.25, 0.3) is 0 Å². The number of rotatable bonds is 8. The van der Waals surface area contributed by atoms with Gasteiger partial charge in [-0.25, -0.2) is 21.9 Å². The number of halogens is 2. The van der Waals surface area contributed by atoms with E-state index in [0.717, 1.165) is 0 Å². The molecule has 0 unspecified atom stereocenters. The molecule has 0 heterocycles. The minimum atomic E-state index is -4.31. The fourth-order valence-electron chi connectivity index (χ4n) is 1.58. The molecule has 0 aliphatic carbocycles. The zero-order valence-electron chi connectivity index (χ0n) is 12.4.